The van der Waals surface area contributed by atoms with E-state index in [2.05, 4.69) is 4.98 Å². The molecule has 4 rings (SSSR count). The van der Waals surface area contributed by atoms with E-state index in [0.29, 0.717) is 25.3 Å². The van der Waals surface area contributed by atoms with E-state index in [-0.39, 0.29) is 24.8 Å². The third-order valence-electron chi connectivity index (χ3n) is 5.75. The number of ether oxygens (including phenoxy) is 2. The summed E-state index contributed by atoms with van der Waals surface area (Å²) in [6.45, 7) is 2.73. The Balaban J connectivity index is 1.42. The Morgan fingerprint density at radius 1 is 1.18 bits per heavy atom. The molecule has 1 aromatic carbocycles. The number of benzene rings is 1. The molecule has 2 atom stereocenters. The Labute approximate surface area is 165 Å². The number of nitrogens with zero attached hydrogens (tertiary/aromatic N) is 2. The molecule has 6 heteroatoms. The van der Waals surface area contributed by atoms with Crippen molar-refractivity contribution in [1.82, 2.24) is 9.88 Å². The van der Waals surface area contributed by atoms with Crippen LogP contribution in [0.2, 0.25) is 0 Å². The van der Waals surface area contributed by atoms with Gasteiger partial charge in [-0.1, -0.05) is 30.3 Å². The maximum absolute atomic E-state index is 12.7. The minimum atomic E-state index is -0.972. The van der Waals surface area contributed by atoms with E-state index in [1.807, 2.05) is 48.2 Å². The summed E-state index contributed by atoms with van der Waals surface area (Å²) < 4.78 is 10.9. The van der Waals surface area contributed by atoms with Crippen molar-refractivity contribution in [1.29, 1.82) is 0 Å². The molecule has 6 nitrogen and oxygen atoms in total. The molecular formula is C22H26N2O4. The molecular weight excluding hydrogens is 356 g/mol. The Hall–Kier alpha value is -2.60. The van der Waals surface area contributed by atoms with Crippen LogP contribution in [0.5, 0.6) is 5.88 Å². The summed E-state index contributed by atoms with van der Waals surface area (Å²) >= 11 is 0. The maximum Gasteiger partial charge on any atom is 0.410 e. The predicted molar refractivity (Wildman–Crippen MR) is 104 cm³/mol. The van der Waals surface area contributed by atoms with Crippen LogP contribution in [0.3, 0.4) is 0 Å². The lowest BCUT2D eigenvalue weighted by Gasteiger charge is -2.43. The maximum atomic E-state index is 12.7. The zero-order valence-electron chi connectivity index (χ0n) is 16.1. The van der Waals surface area contributed by atoms with Gasteiger partial charge in [0.25, 0.3) is 0 Å². The van der Waals surface area contributed by atoms with Gasteiger partial charge in [-0.3, -0.25) is 0 Å². The third-order valence-corrected chi connectivity index (χ3v) is 5.75. The van der Waals surface area contributed by atoms with Crippen molar-refractivity contribution >= 4 is 6.09 Å². The van der Waals surface area contributed by atoms with Gasteiger partial charge in [-0.05, 0) is 31.4 Å². The van der Waals surface area contributed by atoms with Crippen molar-refractivity contribution in [2.45, 2.75) is 56.9 Å². The highest BCUT2D eigenvalue weighted by atomic mass is 16.6. The number of hydrogen-bond acceptors (Lipinski definition) is 5. The lowest BCUT2D eigenvalue weighted by Crippen LogP contribution is -2.52. The minimum absolute atomic E-state index is 0.0152. The molecule has 2 aromatic rings. The molecule has 2 aliphatic heterocycles. The number of carbonyl (C=O) groups is 1. The van der Waals surface area contributed by atoms with E-state index in [1.165, 1.54) is 0 Å². The van der Waals surface area contributed by atoms with Crippen LogP contribution in [-0.4, -0.2) is 39.8 Å². The van der Waals surface area contributed by atoms with Crippen LogP contribution >= 0.6 is 0 Å². The third kappa shape index (κ3) is 3.69. The SMILES string of the molecule is CCOc1ccc(C2(O)CC3CCC(C2)N3C(=O)OCc2ccccc2)cn1. The number of piperidine rings is 1. The Kier molecular flexibility index (Phi) is 5.22. The summed E-state index contributed by atoms with van der Waals surface area (Å²) in [4.78, 5) is 18.8. The van der Waals surface area contributed by atoms with Crippen molar-refractivity contribution in [3.8, 4) is 5.88 Å². The fourth-order valence-electron chi connectivity index (χ4n) is 4.44. The summed E-state index contributed by atoms with van der Waals surface area (Å²) in [6, 6.07) is 13.3. The summed E-state index contributed by atoms with van der Waals surface area (Å²) in [7, 11) is 0. The Morgan fingerprint density at radius 2 is 1.89 bits per heavy atom. The zero-order chi connectivity index (χ0) is 19.6. The van der Waals surface area contributed by atoms with Gasteiger partial charge in [-0.25, -0.2) is 9.78 Å². The lowest BCUT2D eigenvalue weighted by atomic mass is 9.81. The molecule has 28 heavy (non-hydrogen) atoms. The van der Waals surface area contributed by atoms with Gasteiger partial charge in [-0.15, -0.1) is 0 Å². The fraction of sp³-hybridized carbons (Fsp3) is 0.455. The molecule has 3 heterocycles. The molecule has 2 bridgehead atoms. The van der Waals surface area contributed by atoms with Crippen molar-refractivity contribution in [2.75, 3.05) is 6.61 Å². The number of amides is 1. The summed E-state index contributed by atoms with van der Waals surface area (Å²) in [5.74, 6) is 0.555. The number of aromatic nitrogens is 1. The molecule has 1 N–H and O–H groups in total. The molecule has 2 fully saturated rings. The topological polar surface area (TPSA) is 71.9 Å². The van der Waals surface area contributed by atoms with Crippen LogP contribution in [0.1, 0.15) is 43.7 Å². The van der Waals surface area contributed by atoms with Crippen LogP contribution in [0.25, 0.3) is 0 Å². The Morgan fingerprint density at radius 3 is 2.50 bits per heavy atom. The van der Waals surface area contributed by atoms with E-state index in [0.717, 1.165) is 24.0 Å². The number of hydrogen-bond donors (Lipinski definition) is 1. The van der Waals surface area contributed by atoms with E-state index in [9.17, 15) is 9.90 Å². The van der Waals surface area contributed by atoms with Crippen LogP contribution in [0, 0.1) is 0 Å². The van der Waals surface area contributed by atoms with Crippen LogP contribution in [0.4, 0.5) is 4.79 Å². The average Bonchev–Trinajstić information content (AvgIpc) is 3.00. The van der Waals surface area contributed by atoms with Crippen LogP contribution < -0.4 is 4.74 Å². The highest BCUT2D eigenvalue weighted by Crippen LogP contribution is 2.46. The summed E-state index contributed by atoms with van der Waals surface area (Å²) in [5, 5.41) is 11.3. The molecule has 0 radical (unpaired) electrons. The van der Waals surface area contributed by atoms with Crippen LogP contribution in [0.15, 0.2) is 48.7 Å². The molecule has 2 unspecified atom stereocenters. The van der Waals surface area contributed by atoms with Crippen molar-refractivity contribution in [3.63, 3.8) is 0 Å². The lowest BCUT2D eigenvalue weighted by molar-refractivity contribution is -0.0539. The normalized spacial score (nSPS) is 26.1. The first kappa shape index (κ1) is 18.7. The molecule has 1 amide bonds. The quantitative estimate of drug-likeness (QED) is 0.855. The standard InChI is InChI=1S/C22H26N2O4/c1-2-27-20-11-8-17(14-23-20)22(26)12-18-9-10-19(13-22)24(18)21(25)28-15-16-6-4-3-5-7-16/h3-8,11,14,18-19,26H,2,9-10,12-13,15H2,1H3. The predicted octanol–water partition coefficient (Wildman–Crippen LogP) is 3.63. The van der Waals surface area contributed by atoms with Gasteiger partial charge >= 0.3 is 6.09 Å². The summed E-state index contributed by atoms with van der Waals surface area (Å²) in [6.07, 6.45) is 4.17. The van der Waals surface area contributed by atoms with E-state index >= 15 is 0 Å². The first-order chi connectivity index (χ1) is 13.6. The van der Waals surface area contributed by atoms with E-state index in [1.54, 1.807) is 12.3 Å². The molecule has 2 saturated heterocycles. The van der Waals surface area contributed by atoms with Crippen molar-refractivity contribution < 1.29 is 19.4 Å². The first-order valence-corrected chi connectivity index (χ1v) is 9.90. The average molecular weight is 382 g/mol. The van der Waals surface area contributed by atoms with Crippen LogP contribution in [-0.2, 0) is 16.9 Å². The monoisotopic (exact) mass is 382 g/mol. The highest BCUT2D eigenvalue weighted by molar-refractivity contribution is 5.69. The van der Waals surface area contributed by atoms with Gasteiger partial charge in [-0.2, -0.15) is 0 Å². The van der Waals surface area contributed by atoms with Gasteiger partial charge in [0.1, 0.15) is 6.61 Å². The summed E-state index contributed by atoms with van der Waals surface area (Å²) in [5.41, 5.74) is 0.780. The fourth-order valence-corrected chi connectivity index (χ4v) is 4.44. The molecule has 2 aliphatic rings. The van der Waals surface area contributed by atoms with Crippen molar-refractivity contribution in [3.05, 3.63) is 59.8 Å². The minimum Gasteiger partial charge on any atom is -0.478 e. The second kappa shape index (κ2) is 7.80. The number of pyridine rings is 1. The van der Waals surface area contributed by atoms with Gasteiger partial charge in [0.2, 0.25) is 5.88 Å². The molecule has 148 valence electrons. The van der Waals surface area contributed by atoms with Gasteiger partial charge in [0.15, 0.2) is 0 Å². The largest absolute Gasteiger partial charge is 0.478 e. The number of carbonyl (C=O) groups excluding carboxylic acids is 1. The molecule has 1 aromatic heterocycles. The van der Waals surface area contributed by atoms with Crippen molar-refractivity contribution in [2.24, 2.45) is 0 Å². The smallest absolute Gasteiger partial charge is 0.410 e. The van der Waals surface area contributed by atoms with Gasteiger partial charge < -0.3 is 19.5 Å². The van der Waals surface area contributed by atoms with E-state index < -0.39 is 5.60 Å². The number of rotatable bonds is 5. The second-order valence-electron chi connectivity index (χ2n) is 7.59. The number of fused-ring (bicyclic) bond motifs is 2. The van der Waals surface area contributed by atoms with E-state index in [4.69, 9.17) is 9.47 Å². The molecule has 0 spiro atoms. The second-order valence-corrected chi connectivity index (χ2v) is 7.59. The highest BCUT2D eigenvalue weighted by Gasteiger charge is 2.50. The molecule has 0 aliphatic carbocycles. The zero-order valence-corrected chi connectivity index (χ0v) is 16.1. The molecule has 0 saturated carbocycles. The number of aliphatic hydroxyl groups is 1. The Bertz CT molecular complexity index is 795. The van der Waals surface area contributed by atoms with Gasteiger partial charge in [0, 0.05) is 42.8 Å². The first-order valence-electron chi connectivity index (χ1n) is 9.90. The van der Waals surface area contributed by atoms with Gasteiger partial charge in [0.05, 0.1) is 12.2 Å².